The summed E-state index contributed by atoms with van der Waals surface area (Å²) in [5.74, 6) is -0.546. The summed E-state index contributed by atoms with van der Waals surface area (Å²) < 4.78 is 1.50. The number of amides is 1. The van der Waals surface area contributed by atoms with Crippen molar-refractivity contribution >= 4 is 11.4 Å². The van der Waals surface area contributed by atoms with E-state index < -0.39 is 5.91 Å². The Morgan fingerprint density at radius 3 is 3.07 bits per heavy atom. The van der Waals surface area contributed by atoms with Crippen LogP contribution in [0.25, 0.3) is 5.52 Å². The maximum Gasteiger partial charge on any atom is 0.252 e. The Morgan fingerprint density at radius 2 is 2.43 bits per heavy atom. The predicted octanol–water partition coefficient (Wildman–Crippen LogP) is 0.305. The maximum absolute atomic E-state index is 11.0. The van der Waals surface area contributed by atoms with Crippen molar-refractivity contribution in [2.24, 2.45) is 5.73 Å². The molecule has 5 nitrogen and oxygen atoms in total. The highest BCUT2D eigenvalue weighted by atomic mass is 16.1. The van der Waals surface area contributed by atoms with Crippen molar-refractivity contribution in [1.29, 1.82) is 5.26 Å². The van der Waals surface area contributed by atoms with Gasteiger partial charge in [-0.1, -0.05) is 0 Å². The van der Waals surface area contributed by atoms with Crippen LogP contribution < -0.4 is 5.73 Å². The van der Waals surface area contributed by atoms with Gasteiger partial charge in [0, 0.05) is 6.20 Å². The number of primary amides is 1. The smallest absolute Gasteiger partial charge is 0.252 e. The third-order valence-electron chi connectivity index (χ3n) is 1.92. The third kappa shape index (κ3) is 1.10. The minimum atomic E-state index is -0.546. The zero-order valence-corrected chi connectivity index (χ0v) is 7.14. The first-order chi connectivity index (χ1) is 6.72. The van der Waals surface area contributed by atoms with Crippen LogP contribution >= 0.6 is 0 Å². The van der Waals surface area contributed by atoms with Gasteiger partial charge in [0.1, 0.15) is 0 Å². The van der Waals surface area contributed by atoms with Crippen molar-refractivity contribution in [1.82, 2.24) is 9.61 Å². The summed E-state index contributed by atoms with van der Waals surface area (Å²) in [6.07, 6.45) is 3.00. The molecule has 0 radical (unpaired) electrons. The van der Waals surface area contributed by atoms with Gasteiger partial charge >= 0.3 is 0 Å². The van der Waals surface area contributed by atoms with E-state index in [0.717, 1.165) is 0 Å². The lowest BCUT2D eigenvalue weighted by atomic mass is 10.2. The van der Waals surface area contributed by atoms with Crippen molar-refractivity contribution in [2.75, 3.05) is 0 Å². The number of aromatic nitrogens is 2. The van der Waals surface area contributed by atoms with E-state index in [2.05, 4.69) is 5.10 Å². The molecule has 0 unspecified atom stereocenters. The minimum absolute atomic E-state index is 0.321. The second-order valence-electron chi connectivity index (χ2n) is 2.78. The molecule has 68 valence electrons. The molecule has 0 bridgehead atoms. The summed E-state index contributed by atoms with van der Waals surface area (Å²) in [5, 5.41) is 12.6. The van der Waals surface area contributed by atoms with Crippen LogP contribution in [0, 0.1) is 11.3 Å². The molecule has 0 fully saturated rings. The SMILES string of the molecule is N#Cc1ccn2ncc(C(N)=O)c2c1. The average Bonchev–Trinajstić information content (AvgIpc) is 2.59. The van der Waals surface area contributed by atoms with Crippen molar-refractivity contribution in [3.63, 3.8) is 0 Å². The first-order valence-electron chi connectivity index (χ1n) is 3.89. The van der Waals surface area contributed by atoms with E-state index in [1.54, 1.807) is 18.3 Å². The molecule has 0 spiro atoms. The monoisotopic (exact) mass is 186 g/mol. The van der Waals surface area contributed by atoms with Crippen molar-refractivity contribution in [2.45, 2.75) is 0 Å². The second kappa shape index (κ2) is 2.85. The van der Waals surface area contributed by atoms with E-state index in [0.29, 0.717) is 16.6 Å². The van der Waals surface area contributed by atoms with Gasteiger partial charge in [-0.3, -0.25) is 4.79 Å². The summed E-state index contributed by atoms with van der Waals surface area (Å²) in [4.78, 5) is 11.0. The molecule has 2 aromatic rings. The summed E-state index contributed by atoms with van der Waals surface area (Å²) in [6, 6.07) is 5.17. The van der Waals surface area contributed by atoms with Crippen LogP contribution in [0.5, 0.6) is 0 Å². The van der Waals surface area contributed by atoms with Gasteiger partial charge in [0.25, 0.3) is 5.91 Å². The van der Waals surface area contributed by atoms with Gasteiger partial charge < -0.3 is 5.73 Å². The second-order valence-corrected chi connectivity index (χ2v) is 2.78. The first-order valence-corrected chi connectivity index (χ1v) is 3.89. The van der Waals surface area contributed by atoms with Crippen molar-refractivity contribution in [3.05, 3.63) is 35.7 Å². The fraction of sp³-hybridized carbons (Fsp3) is 0. The molecule has 0 aliphatic rings. The quantitative estimate of drug-likeness (QED) is 0.695. The average molecular weight is 186 g/mol. The molecule has 0 aliphatic carbocycles. The van der Waals surface area contributed by atoms with Crippen LogP contribution in [0.2, 0.25) is 0 Å². The fourth-order valence-corrected chi connectivity index (χ4v) is 1.24. The van der Waals surface area contributed by atoms with E-state index >= 15 is 0 Å². The number of nitrogens with two attached hydrogens (primary N) is 1. The largest absolute Gasteiger partial charge is 0.365 e. The molecule has 2 heterocycles. The number of hydrogen-bond acceptors (Lipinski definition) is 3. The minimum Gasteiger partial charge on any atom is -0.365 e. The highest BCUT2D eigenvalue weighted by Crippen LogP contribution is 2.11. The van der Waals surface area contributed by atoms with Crippen LogP contribution in [-0.2, 0) is 0 Å². The summed E-state index contributed by atoms with van der Waals surface area (Å²) in [6.45, 7) is 0. The van der Waals surface area contributed by atoms with Crippen LogP contribution in [0.4, 0.5) is 0 Å². The molecule has 0 saturated carbocycles. The van der Waals surface area contributed by atoms with Gasteiger partial charge in [-0.2, -0.15) is 10.4 Å². The van der Waals surface area contributed by atoms with Gasteiger partial charge in [-0.05, 0) is 12.1 Å². The summed E-state index contributed by atoms with van der Waals surface area (Å²) in [7, 11) is 0. The number of fused-ring (bicyclic) bond motifs is 1. The normalized spacial score (nSPS) is 9.93. The van der Waals surface area contributed by atoms with Gasteiger partial charge in [0.15, 0.2) is 0 Å². The van der Waals surface area contributed by atoms with Crippen LogP contribution in [0.15, 0.2) is 24.5 Å². The number of hydrogen-bond donors (Lipinski definition) is 1. The van der Waals surface area contributed by atoms with E-state index in [4.69, 9.17) is 11.0 Å². The Hall–Kier alpha value is -2.35. The molecule has 2 N–H and O–H groups in total. The van der Waals surface area contributed by atoms with Gasteiger partial charge in [-0.15, -0.1) is 0 Å². The van der Waals surface area contributed by atoms with Gasteiger partial charge in [0.2, 0.25) is 0 Å². The Bertz CT molecular complexity index is 549. The number of rotatable bonds is 1. The zero-order valence-electron chi connectivity index (χ0n) is 7.14. The lowest BCUT2D eigenvalue weighted by Gasteiger charge is -1.94. The van der Waals surface area contributed by atoms with Gasteiger partial charge in [-0.25, -0.2) is 4.52 Å². The number of pyridine rings is 1. The molecule has 0 atom stereocenters. The van der Waals surface area contributed by atoms with E-state index in [1.165, 1.54) is 10.7 Å². The Labute approximate surface area is 79.4 Å². The Balaban J connectivity index is 2.77. The van der Waals surface area contributed by atoms with E-state index in [1.807, 2.05) is 6.07 Å². The molecule has 0 aliphatic heterocycles. The van der Waals surface area contributed by atoms with Crippen LogP contribution in [-0.4, -0.2) is 15.5 Å². The Morgan fingerprint density at radius 1 is 1.64 bits per heavy atom. The molecule has 0 saturated heterocycles. The molecular formula is C9H6N4O. The van der Waals surface area contributed by atoms with Crippen molar-refractivity contribution < 1.29 is 4.79 Å². The standard InChI is InChI=1S/C9H6N4O/c10-4-6-1-2-13-8(3-6)7(5-12-13)9(11)14/h1-3,5H,(H2,11,14). The molecule has 2 rings (SSSR count). The van der Waals surface area contributed by atoms with Gasteiger partial charge in [0.05, 0.1) is 28.9 Å². The number of nitrogens with zero attached hydrogens (tertiary/aromatic N) is 3. The van der Waals surface area contributed by atoms with Crippen molar-refractivity contribution in [3.8, 4) is 6.07 Å². The fourth-order valence-electron chi connectivity index (χ4n) is 1.24. The molecule has 2 aromatic heterocycles. The van der Waals surface area contributed by atoms with Crippen LogP contribution in [0.1, 0.15) is 15.9 Å². The molecule has 14 heavy (non-hydrogen) atoms. The zero-order chi connectivity index (χ0) is 10.1. The molecule has 0 aromatic carbocycles. The molecule has 5 heteroatoms. The lowest BCUT2D eigenvalue weighted by Crippen LogP contribution is -2.10. The first kappa shape index (κ1) is 8.26. The van der Waals surface area contributed by atoms with Crippen LogP contribution in [0.3, 0.4) is 0 Å². The van der Waals surface area contributed by atoms with E-state index in [9.17, 15) is 4.79 Å². The highest BCUT2D eigenvalue weighted by molar-refractivity contribution is 5.99. The van der Waals surface area contributed by atoms with E-state index in [-0.39, 0.29) is 0 Å². The maximum atomic E-state index is 11.0. The summed E-state index contributed by atoms with van der Waals surface area (Å²) in [5.41, 5.74) is 6.49. The Kier molecular flexibility index (Phi) is 1.68. The number of carbonyl (C=O) groups is 1. The number of nitriles is 1. The lowest BCUT2D eigenvalue weighted by molar-refractivity contribution is 0.100. The number of carbonyl (C=O) groups excluding carboxylic acids is 1. The third-order valence-corrected chi connectivity index (χ3v) is 1.92. The topological polar surface area (TPSA) is 84.2 Å². The predicted molar refractivity (Wildman–Crippen MR) is 48.4 cm³/mol. The molecule has 1 amide bonds. The summed E-state index contributed by atoms with van der Waals surface area (Å²) >= 11 is 0. The highest BCUT2D eigenvalue weighted by Gasteiger charge is 2.09. The molecular weight excluding hydrogens is 180 g/mol.